The molecule has 0 saturated carbocycles. The molecule has 0 aliphatic carbocycles. The van der Waals surface area contributed by atoms with Gasteiger partial charge in [-0.25, -0.2) is 8.42 Å². The number of amides is 1. The summed E-state index contributed by atoms with van der Waals surface area (Å²) in [5.74, 6) is -0.590. The van der Waals surface area contributed by atoms with E-state index in [0.717, 1.165) is 10.2 Å². The van der Waals surface area contributed by atoms with Gasteiger partial charge in [0, 0.05) is 25.6 Å². The van der Waals surface area contributed by atoms with Crippen LogP contribution in [0.25, 0.3) is 10.2 Å². The predicted molar refractivity (Wildman–Crippen MR) is 126 cm³/mol. The van der Waals surface area contributed by atoms with Crippen LogP contribution in [0, 0.1) is 5.92 Å². The largest absolute Gasteiger partial charge is 0.311 e. The zero-order valence-corrected chi connectivity index (χ0v) is 20.3. The lowest BCUT2D eigenvalue weighted by Gasteiger charge is -2.29. The second-order valence-corrected chi connectivity index (χ2v) is 12.0. The molecular formula is C20H19Cl2N3O3S3. The number of allylic oxidation sites excluding steroid dienone is 1. The summed E-state index contributed by atoms with van der Waals surface area (Å²) in [5, 5.41) is 2.81. The standard InChI is InChI=1S/C20H19Cl2N3O3S3/c1-2-9-25-17-14(21)5-6-15(22)18(17)30-20(25)23-19(26)13-7-10-24(11-8-13)31(27,28)16-4-3-12-29-16/h2-6,12-13H,1,7-11H2. The Morgan fingerprint density at radius 2 is 1.94 bits per heavy atom. The maximum atomic E-state index is 12.9. The fraction of sp³-hybridized carbons (Fsp3) is 0.300. The highest BCUT2D eigenvalue weighted by Gasteiger charge is 2.32. The summed E-state index contributed by atoms with van der Waals surface area (Å²) in [7, 11) is -3.50. The van der Waals surface area contributed by atoms with Crippen molar-refractivity contribution in [3.05, 3.63) is 57.1 Å². The third-order valence-electron chi connectivity index (χ3n) is 5.14. The molecule has 6 nitrogen and oxygen atoms in total. The van der Waals surface area contributed by atoms with E-state index in [-0.39, 0.29) is 11.8 Å². The number of thiophene rings is 1. The highest BCUT2D eigenvalue weighted by molar-refractivity contribution is 7.91. The molecule has 4 rings (SSSR count). The second kappa shape index (κ2) is 9.17. The van der Waals surface area contributed by atoms with Crippen LogP contribution in [0.15, 0.2) is 51.5 Å². The summed E-state index contributed by atoms with van der Waals surface area (Å²) in [4.78, 5) is 17.8. The van der Waals surface area contributed by atoms with Crippen molar-refractivity contribution in [1.29, 1.82) is 0 Å². The van der Waals surface area contributed by atoms with E-state index in [1.165, 1.54) is 27.0 Å². The Morgan fingerprint density at radius 3 is 2.58 bits per heavy atom. The molecule has 164 valence electrons. The van der Waals surface area contributed by atoms with Gasteiger partial charge < -0.3 is 4.57 Å². The molecule has 3 aromatic rings. The molecule has 2 aromatic heterocycles. The topological polar surface area (TPSA) is 71.7 Å². The molecule has 0 radical (unpaired) electrons. The van der Waals surface area contributed by atoms with Gasteiger partial charge in [-0.1, -0.05) is 46.7 Å². The van der Waals surface area contributed by atoms with Crippen LogP contribution in [-0.2, 0) is 21.4 Å². The minimum Gasteiger partial charge on any atom is -0.311 e. The van der Waals surface area contributed by atoms with Crippen LogP contribution in [0.1, 0.15) is 12.8 Å². The van der Waals surface area contributed by atoms with Crippen molar-refractivity contribution in [2.24, 2.45) is 10.9 Å². The van der Waals surface area contributed by atoms with Crippen LogP contribution in [-0.4, -0.2) is 36.3 Å². The minimum absolute atomic E-state index is 0.259. The van der Waals surface area contributed by atoms with E-state index in [0.29, 0.717) is 51.5 Å². The lowest BCUT2D eigenvalue weighted by molar-refractivity contribution is -0.122. The molecule has 1 saturated heterocycles. The van der Waals surface area contributed by atoms with Crippen molar-refractivity contribution >= 4 is 72.0 Å². The average molecular weight is 516 g/mol. The number of halogens is 2. The Labute approximate surface area is 198 Å². The van der Waals surface area contributed by atoms with Crippen LogP contribution in [0.5, 0.6) is 0 Å². The Morgan fingerprint density at radius 1 is 1.23 bits per heavy atom. The number of carbonyl (C=O) groups is 1. The van der Waals surface area contributed by atoms with Gasteiger partial charge >= 0.3 is 0 Å². The normalized spacial score (nSPS) is 16.8. The first-order chi connectivity index (χ1) is 14.8. The maximum absolute atomic E-state index is 12.9. The fourth-order valence-electron chi connectivity index (χ4n) is 3.56. The highest BCUT2D eigenvalue weighted by atomic mass is 35.5. The molecule has 3 heterocycles. The van der Waals surface area contributed by atoms with E-state index in [4.69, 9.17) is 23.2 Å². The summed E-state index contributed by atoms with van der Waals surface area (Å²) >= 11 is 15.2. The van der Waals surface area contributed by atoms with E-state index >= 15 is 0 Å². The number of carbonyl (C=O) groups excluding carboxylic acids is 1. The van der Waals surface area contributed by atoms with Crippen LogP contribution in [0.4, 0.5) is 0 Å². The summed E-state index contributed by atoms with van der Waals surface area (Å²) in [6.45, 7) is 4.80. The Kier molecular flexibility index (Phi) is 6.71. The summed E-state index contributed by atoms with van der Waals surface area (Å²) in [5.41, 5.74) is 0.725. The molecule has 1 aliphatic heterocycles. The van der Waals surface area contributed by atoms with Gasteiger partial charge in [-0.05, 0) is 36.4 Å². The van der Waals surface area contributed by atoms with Crippen LogP contribution < -0.4 is 4.80 Å². The fourth-order valence-corrected chi connectivity index (χ4v) is 7.84. The molecule has 11 heteroatoms. The number of piperidine rings is 1. The van der Waals surface area contributed by atoms with Crippen molar-refractivity contribution in [2.75, 3.05) is 13.1 Å². The van der Waals surface area contributed by atoms with E-state index in [1.54, 1.807) is 35.7 Å². The first-order valence-corrected chi connectivity index (χ1v) is 13.4. The van der Waals surface area contributed by atoms with E-state index < -0.39 is 10.0 Å². The average Bonchev–Trinajstić information content (AvgIpc) is 3.41. The van der Waals surface area contributed by atoms with Gasteiger partial charge in [0.15, 0.2) is 4.80 Å². The molecule has 0 atom stereocenters. The van der Waals surface area contributed by atoms with Crippen molar-refractivity contribution < 1.29 is 13.2 Å². The van der Waals surface area contributed by atoms with Gasteiger partial charge in [0.1, 0.15) is 4.21 Å². The molecule has 0 unspecified atom stereocenters. The van der Waals surface area contributed by atoms with Gasteiger partial charge in [-0.2, -0.15) is 9.30 Å². The molecule has 1 aliphatic rings. The van der Waals surface area contributed by atoms with Gasteiger partial charge in [0.05, 0.1) is 20.3 Å². The molecule has 31 heavy (non-hydrogen) atoms. The number of aromatic nitrogens is 1. The maximum Gasteiger partial charge on any atom is 0.252 e. The predicted octanol–water partition coefficient (Wildman–Crippen LogP) is 4.79. The smallest absolute Gasteiger partial charge is 0.252 e. The number of thiazole rings is 1. The van der Waals surface area contributed by atoms with Crippen LogP contribution in [0.3, 0.4) is 0 Å². The Balaban J connectivity index is 1.58. The van der Waals surface area contributed by atoms with Gasteiger partial charge in [0.2, 0.25) is 0 Å². The second-order valence-electron chi connectivity index (χ2n) is 7.05. The van der Waals surface area contributed by atoms with Crippen LogP contribution >= 0.6 is 45.9 Å². The van der Waals surface area contributed by atoms with Gasteiger partial charge in [0.25, 0.3) is 15.9 Å². The zero-order chi connectivity index (χ0) is 22.2. The lowest BCUT2D eigenvalue weighted by atomic mass is 9.98. The molecule has 1 amide bonds. The summed E-state index contributed by atoms with van der Waals surface area (Å²) in [6.07, 6.45) is 2.57. The van der Waals surface area contributed by atoms with Gasteiger partial charge in [-0.15, -0.1) is 17.9 Å². The molecule has 1 fully saturated rings. The first kappa shape index (κ1) is 22.7. The minimum atomic E-state index is -3.50. The third kappa shape index (κ3) is 4.40. The third-order valence-corrected chi connectivity index (χ3v) is 10.3. The number of hydrogen-bond donors (Lipinski definition) is 0. The quantitative estimate of drug-likeness (QED) is 0.458. The number of hydrogen-bond acceptors (Lipinski definition) is 5. The molecule has 0 N–H and O–H groups in total. The molecule has 0 bridgehead atoms. The number of rotatable bonds is 5. The molecular weight excluding hydrogens is 497 g/mol. The van der Waals surface area contributed by atoms with E-state index in [2.05, 4.69) is 11.6 Å². The highest BCUT2D eigenvalue weighted by Crippen LogP contribution is 2.32. The first-order valence-electron chi connectivity index (χ1n) is 9.53. The van der Waals surface area contributed by atoms with Crippen molar-refractivity contribution in [3.63, 3.8) is 0 Å². The molecule has 0 spiro atoms. The lowest BCUT2D eigenvalue weighted by Crippen LogP contribution is -2.40. The van der Waals surface area contributed by atoms with E-state index in [9.17, 15) is 13.2 Å². The van der Waals surface area contributed by atoms with Gasteiger partial charge in [-0.3, -0.25) is 4.79 Å². The Hall–Kier alpha value is -1.49. The summed E-state index contributed by atoms with van der Waals surface area (Å²) in [6, 6.07) is 6.75. The van der Waals surface area contributed by atoms with Crippen molar-refractivity contribution in [3.8, 4) is 0 Å². The van der Waals surface area contributed by atoms with Crippen LogP contribution in [0.2, 0.25) is 10.0 Å². The monoisotopic (exact) mass is 515 g/mol. The summed E-state index contributed by atoms with van der Waals surface area (Å²) < 4.78 is 29.7. The molecule has 1 aromatic carbocycles. The Bertz CT molecular complexity index is 1300. The number of benzene rings is 1. The SMILES string of the molecule is C=CCn1c(=NC(=O)C2CCN(S(=O)(=O)c3cccs3)CC2)sc2c(Cl)ccc(Cl)c21. The number of sulfonamides is 1. The van der Waals surface area contributed by atoms with Crippen molar-refractivity contribution in [1.82, 2.24) is 8.87 Å². The number of fused-ring (bicyclic) bond motifs is 1. The van der Waals surface area contributed by atoms with Crippen molar-refractivity contribution in [2.45, 2.75) is 23.6 Å². The number of nitrogens with zero attached hydrogens (tertiary/aromatic N) is 3. The van der Waals surface area contributed by atoms with E-state index in [1.807, 2.05) is 4.57 Å². The zero-order valence-electron chi connectivity index (χ0n) is 16.3.